The molecule has 0 saturated heterocycles. The number of hydrogen-bond acceptors (Lipinski definition) is 2. The normalized spacial score (nSPS) is 9.56. The highest BCUT2D eigenvalue weighted by atomic mass is 19.1. The van der Waals surface area contributed by atoms with Gasteiger partial charge in [-0.3, -0.25) is 9.36 Å². The van der Waals surface area contributed by atoms with E-state index in [1.54, 1.807) is 24.3 Å². The van der Waals surface area contributed by atoms with Gasteiger partial charge in [0.05, 0.1) is 6.61 Å². The van der Waals surface area contributed by atoms with Crippen LogP contribution in [0.15, 0.2) is 47.4 Å². The Morgan fingerprint density at radius 3 is 2.28 bits per heavy atom. The maximum atomic E-state index is 13.0. The summed E-state index contributed by atoms with van der Waals surface area (Å²) in [5.41, 5.74) is 1.02. The Morgan fingerprint density at radius 2 is 1.72 bits per heavy atom. The van der Waals surface area contributed by atoms with Gasteiger partial charge in [0.1, 0.15) is 5.82 Å². The van der Waals surface area contributed by atoms with Gasteiger partial charge >= 0.3 is 0 Å². The summed E-state index contributed by atoms with van der Waals surface area (Å²) >= 11 is 0. The Labute approximate surface area is 105 Å². The Hall–Kier alpha value is -1.94. The van der Waals surface area contributed by atoms with Crippen LogP contribution in [0.3, 0.4) is 0 Å². The van der Waals surface area contributed by atoms with Gasteiger partial charge in [-0.05, 0) is 23.8 Å². The van der Waals surface area contributed by atoms with Gasteiger partial charge in [-0.1, -0.05) is 26.0 Å². The second-order valence-corrected chi connectivity index (χ2v) is 3.38. The molecule has 2 rings (SSSR count). The summed E-state index contributed by atoms with van der Waals surface area (Å²) < 4.78 is 14.2. The van der Waals surface area contributed by atoms with Crippen LogP contribution < -0.4 is 5.56 Å². The van der Waals surface area contributed by atoms with Crippen LogP contribution >= 0.6 is 0 Å². The molecular weight excluding hydrogens is 233 g/mol. The van der Waals surface area contributed by atoms with Crippen LogP contribution in [0, 0.1) is 5.82 Å². The van der Waals surface area contributed by atoms with E-state index in [0.717, 1.165) is 17.8 Å². The van der Waals surface area contributed by atoms with E-state index in [1.165, 1.54) is 10.6 Å². The number of aliphatic hydroxyl groups is 1. The van der Waals surface area contributed by atoms with Gasteiger partial charge in [0.15, 0.2) is 0 Å². The van der Waals surface area contributed by atoms with Crippen LogP contribution in [0.4, 0.5) is 4.39 Å². The van der Waals surface area contributed by atoms with Crippen molar-refractivity contribution in [3.8, 4) is 5.69 Å². The van der Waals surface area contributed by atoms with Gasteiger partial charge < -0.3 is 5.11 Å². The van der Waals surface area contributed by atoms with Crippen LogP contribution in [-0.4, -0.2) is 9.67 Å². The third-order valence-corrected chi connectivity index (χ3v) is 2.27. The summed E-state index contributed by atoms with van der Waals surface area (Å²) in [5, 5.41) is 8.87. The quantitative estimate of drug-likeness (QED) is 0.888. The molecule has 0 unspecified atom stereocenters. The molecule has 0 saturated carbocycles. The largest absolute Gasteiger partial charge is 0.392 e. The smallest absolute Gasteiger partial charge is 0.255 e. The van der Waals surface area contributed by atoms with Crippen LogP contribution in [0.25, 0.3) is 5.69 Å². The lowest BCUT2D eigenvalue weighted by molar-refractivity contribution is 0.282. The first-order valence-electron chi connectivity index (χ1n) is 5.79. The number of aliphatic hydroxyl groups excluding tert-OH is 1. The maximum absolute atomic E-state index is 13.0. The Kier molecular flexibility index (Phi) is 5.27. The van der Waals surface area contributed by atoms with Crippen LogP contribution in [-0.2, 0) is 6.61 Å². The molecule has 0 bridgehead atoms. The molecule has 0 aliphatic rings. The van der Waals surface area contributed by atoms with Crippen molar-refractivity contribution >= 4 is 0 Å². The minimum Gasteiger partial charge on any atom is -0.392 e. The number of benzene rings is 1. The predicted molar refractivity (Wildman–Crippen MR) is 69.3 cm³/mol. The average Bonchev–Trinajstić information content (AvgIpc) is 2.44. The maximum Gasteiger partial charge on any atom is 0.255 e. The molecule has 0 aliphatic heterocycles. The lowest BCUT2D eigenvalue weighted by atomic mass is 10.2. The van der Waals surface area contributed by atoms with Crippen molar-refractivity contribution in [2.75, 3.05) is 0 Å². The van der Waals surface area contributed by atoms with E-state index in [0.29, 0.717) is 5.69 Å². The molecule has 1 N–H and O–H groups in total. The van der Waals surface area contributed by atoms with E-state index in [-0.39, 0.29) is 12.2 Å². The third-order valence-electron chi connectivity index (χ3n) is 2.27. The average molecular weight is 249 g/mol. The van der Waals surface area contributed by atoms with Gasteiger partial charge in [-0.25, -0.2) is 4.39 Å². The van der Waals surface area contributed by atoms with Crippen molar-refractivity contribution in [2.45, 2.75) is 20.5 Å². The molecule has 18 heavy (non-hydrogen) atoms. The summed E-state index contributed by atoms with van der Waals surface area (Å²) in [6.07, 6.45) is 1.14. The molecule has 0 atom stereocenters. The monoisotopic (exact) mass is 249 g/mol. The fraction of sp³-hybridized carbons (Fsp3) is 0.214. The zero-order valence-corrected chi connectivity index (χ0v) is 10.4. The number of aromatic nitrogens is 1. The molecule has 0 amide bonds. The molecule has 1 heterocycles. The van der Waals surface area contributed by atoms with Crippen molar-refractivity contribution in [1.29, 1.82) is 0 Å². The SMILES string of the molecule is CC.O=c1ccc(F)cn1-c1ccc(CO)cc1. The lowest BCUT2D eigenvalue weighted by Crippen LogP contribution is -2.16. The van der Waals surface area contributed by atoms with Crippen molar-refractivity contribution in [1.82, 2.24) is 4.57 Å². The highest BCUT2D eigenvalue weighted by molar-refractivity contribution is 5.34. The van der Waals surface area contributed by atoms with E-state index in [9.17, 15) is 9.18 Å². The fourth-order valence-corrected chi connectivity index (χ4v) is 1.42. The van der Waals surface area contributed by atoms with Gasteiger partial charge in [0.25, 0.3) is 5.56 Å². The van der Waals surface area contributed by atoms with E-state index in [4.69, 9.17) is 5.11 Å². The molecule has 0 spiro atoms. The zero-order valence-electron chi connectivity index (χ0n) is 10.4. The lowest BCUT2D eigenvalue weighted by Gasteiger charge is -2.05. The fourth-order valence-electron chi connectivity index (χ4n) is 1.42. The molecule has 3 nitrogen and oxygen atoms in total. The molecule has 2 aromatic rings. The topological polar surface area (TPSA) is 42.2 Å². The second kappa shape index (κ2) is 6.71. The minimum absolute atomic E-state index is 0.0572. The molecule has 1 aromatic heterocycles. The highest BCUT2D eigenvalue weighted by Crippen LogP contribution is 2.08. The molecular formula is C14H16FNO2. The summed E-state index contributed by atoms with van der Waals surface area (Å²) in [6, 6.07) is 8.99. The van der Waals surface area contributed by atoms with Gasteiger partial charge in [0.2, 0.25) is 0 Å². The second-order valence-electron chi connectivity index (χ2n) is 3.38. The molecule has 0 fully saturated rings. The van der Waals surface area contributed by atoms with Crippen molar-refractivity contribution in [2.24, 2.45) is 0 Å². The number of nitrogens with zero attached hydrogens (tertiary/aromatic N) is 1. The van der Waals surface area contributed by atoms with E-state index < -0.39 is 5.82 Å². The minimum atomic E-state index is -0.467. The number of halogens is 1. The molecule has 0 radical (unpaired) electrons. The van der Waals surface area contributed by atoms with Crippen LogP contribution in [0.5, 0.6) is 0 Å². The first kappa shape index (κ1) is 14.1. The standard InChI is InChI=1S/C12H10FNO2.C2H6/c13-10-3-6-12(16)14(7-10)11-4-1-9(8-15)2-5-11;1-2/h1-7,15H,8H2;1-2H3. The van der Waals surface area contributed by atoms with Gasteiger partial charge in [-0.2, -0.15) is 0 Å². The highest BCUT2D eigenvalue weighted by Gasteiger charge is 2.01. The van der Waals surface area contributed by atoms with Crippen molar-refractivity contribution < 1.29 is 9.50 Å². The summed E-state index contributed by atoms with van der Waals surface area (Å²) in [7, 11) is 0. The number of hydrogen-bond donors (Lipinski definition) is 1. The predicted octanol–water partition coefficient (Wildman–Crippen LogP) is 2.50. The number of rotatable bonds is 2. The van der Waals surface area contributed by atoms with E-state index in [2.05, 4.69) is 0 Å². The van der Waals surface area contributed by atoms with E-state index >= 15 is 0 Å². The van der Waals surface area contributed by atoms with Crippen LogP contribution in [0.1, 0.15) is 19.4 Å². The molecule has 1 aromatic carbocycles. The van der Waals surface area contributed by atoms with Crippen molar-refractivity contribution in [3.05, 3.63) is 64.3 Å². The number of pyridine rings is 1. The first-order valence-corrected chi connectivity index (χ1v) is 5.79. The Bertz CT molecular complexity index is 546. The molecule has 96 valence electrons. The first-order chi connectivity index (χ1) is 8.70. The van der Waals surface area contributed by atoms with Gasteiger partial charge in [0, 0.05) is 18.0 Å². The summed E-state index contributed by atoms with van der Waals surface area (Å²) in [5.74, 6) is -0.467. The zero-order chi connectivity index (χ0) is 13.5. The summed E-state index contributed by atoms with van der Waals surface area (Å²) in [4.78, 5) is 11.5. The van der Waals surface area contributed by atoms with Gasteiger partial charge in [-0.15, -0.1) is 0 Å². The molecule has 4 heteroatoms. The third kappa shape index (κ3) is 3.28. The van der Waals surface area contributed by atoms with Crippen molar-refractivity contribution in [3.63, 3.8) is 0 Å². The Morgan fingerprint density at radius 1 is 1.11 bits per heavy atom. The summed E-state index contributed by atoms with van der Waals surface area (Å²) in [6.45, 7) is 3.94. The Balaban J connectivity index is 0.000000771. The van der Waals surface area contributed by atoms with E-state index in [1.807, 2.05) is 13.8 Å². The molecule has 0 aliphatic carbocycles. The van der Waals surface area contributed by atoms with Crippen LogP contribution in [0.2, 0.25) is 0 Å².